The fourth-order valence-corrected chi connectivity index (χ4v) is 0.625. The van der Waals surface area contributed by atoms with Gasteiger partial charge in [0.25, 0.3) is 0 Å². The normalized spacial score (nSPS) is 9.00. The molecule has 6 heavy (non-hydrogen) atoms. The molecule has 0 aromatic heterocycles. The van der Waals surface area contributed by atoms with Crippen LogP contribution in [0, 0.1) is 0 Å². The van der Waals surface area contributed by atoms with E-state index in [0.717, 1.165) is 6.04 Å². The highest BCUT2D eigenvalue weighted by molar-refractivity contribution is 6.08. The lowest BCUT2D eigenvalue weighted by Crippen LogP contribution is -1.69. The van der Waals surface area contributed by atoms with E-state index in [0.29, 0.717) is 0 Å². The minimum atomic E-state index is 1.16. The van der Waals surface area contributed by atoms with Crippen molar-refractivity contribution in [3.05, 3.63) is 0 Å². The molecule has 0 unspecified atom stereocenters. The molecule has 0 heterocycles. The molecule has 0 aliphatic heterocycles. The van der Waals surface area contributed by atoms with Gasteiger partial charge in [-0.25, -0.2) is 0 Å². The van der Waals surface area contributed by atoms with Crippen LogP contribution in [-0.2, 0) is 0 Å². The third-order valence-electron chi connectivity index (χ3n) is 0.780. The van der Waals surface area contributed by atoms with Gasteiger partial charge in [0, 0.05) is 10.2 Å². The molecule has 0 fully saturated rings. The first-order valence-electron chi connectivity index (χ1n) is 2.56. The first-order chi connectivity index (χ1) is 2.91. The molecule has 0 N–H and O–H groups in total. The maximum absolute atomic E-state index is 3.39. The summed E-state index contributed by atoms with van der Waals surface area (Å²) in [5.41, 5.74) is 0. The molecule has 0 saturated carbocycles. The van der Waals surface area contributed by atoms with Gasteiger partial charge in [-0.3, -0.25) is 0 Å². The number of hydrogen-bond acceptors (Lipinski definition) is 0. The van der Waals surface area contributed by atoms with Gasteiger partial charge in [-0.05, 0) is 0 Å². The Morgan fingerprint density at radius 3 is 2.17 bits per heavy atom. The van der Waals surface area contributed by atoms with Crippen LogP contribution in [0.5, 0.6) is 0 Å². The molecular weight excluding hydrogens is 88.1 g/mol. The van der Waals surface area contributed by atoms with Crippen molar-refractivity contribution >= 4 is 10.2 Å². The lowest BCUT2D eigenvalue weighted by atomic mass is 10.3. The Bertz CT molecular complexity index is 15.9. The largest absolute Gasteiger partial charge is 0.0654 e. The van der Waals surface area contributed by atoms with Gasteiger partial charge in [0.2, 0.25) is 0 Å². The van der Waals surface area contributed by atoms with Crippen molar-refractivity contribution in [3.8, 4) is 0 Å². The van der Waals surface area contributed by atoms with E-state index >= 15 is 0 Å². The highest BCUT2D eigenvalue weighted by atomic mass is 28.1. The van der Waals surface area contributed by atoms with Gasteiger partial charge < -0.3 is 0 Å². The van der Waals surface area contributed by atoms with Crippen LogP contribution in [-0.4, -0.2) is 10.2 Å². The predicted molar refractivity (Wildman–Crippen MR) is 30.1 cm³/mol. The summed E-state index contributed by atoms with van der Waals surface area (Å²) in [6.07, 6.45) is 4.02. The minimum Gasteiger partial charge on any atom is -0.0654 e. The molecule has 3 radical (unpaired) electrons. The average Bonchev–Trinajstić information content (AvgIpc) is 1.61. The van der Waals surface area contributed by atoms with Crippen LogP contribution in [0.1, 0.15) is 26.2 Å². The highest BCUT2D eigenvalue weighted by Crippen LogP contribution is 1.94. The Morgan fingerprint density at radius 1 is 1.33 bits per heavy atom. The lowest BCUT2D eigenvalue weighted by Gasteiger charge is -1.85. The maximum atomic E-state index is 3.39. The third kappa shape index (κ3) is 4.22. The smallest absolute Gasteiger partial charge is 0.0222 e. The zero-order valence-corrected chi connectivity index (χ0v) is 5.33. The number of unbranched alkanes of at least 4 members (excludes halogenated alkanes) is 2. The standard InChI is InChI=1S/C5H11Si/c1-2-3-4-5-6/h2-5H2,1H3. The van der Waals surface area contributed by atoms with Gasteiger partial charge >= 0.3 is 0 Å². The van der Waals surface area contributed by atoms with Crippen LogP contribution in [0.3, 0.4) is 0 Å². The number of hydrogen-bond donors (Lipinski definition) is 0. The summed E-state index contributed by atoms with van der Waals surface area (Å²) in [7, 11) is 3.39. The van der Waals surface area contributed by atoms with E-state index in [1.807, 2.05) is 0 Å². The van der Waals surface area contributed by atoms with Crippen LogP contribution in [0.4, 0.5) is 0 Å². The monoisotopic (exact) mass is 99.1 g/mol. The summed E-state index contributed by atoms with van der Waals surface area (Å²) in [5, 5.41) is 0. The maximum Gasteiger partial charge on any atom is 0.0222 e. The van der Waals surface area contributed by atoms with Gasteiger partial charge in [-0.2, -0.15) is 0 Å². The molecule has 0 atom stereocenters. The van der Waals surface area contributed by atoms with E-state index in [2.05, 4.69) is 17.2 Å². The van der Waals surface area contributed by atoms with E-state index in [1.54, 1.807) is 0 Å². The highest BCUT2D eigenvalue weighted by Gasteiger charge is 1.75. The van der Waals surface area contributed by atoms with Crippen molar-refractivity contribution in [1.29, 1.82) is 0 Å². The second-order valence-electron chi connectivity index (χ2n) is 1.46. The average molecular weight is 99.2 g/mol. The molecule has 0 spiro atoms. The molecule has 35 valence electrons. The fourth-order valence-electron chi connectivity index (χ4n) is 0.375. The van der Waals surface area contributed by atoms with E-state index in [1.165, 1.54) is 19.3 Å². The topological polar surface area (TPSA) is 0 Å². The molecular formula is C5H11Si. The SMILES string of the molecule is CCCCC[Si]. The summed E-state index contributed by atoms with van der Waals surface area (Å²) in [5.74, 6) is 0. The van der Waals surface area contributed by atoms with Crippen LogP contribution in [0.2, 0.25) is 6.04 Å². The van der Waals surface area contributed by atoms with Gasteiger partial charge in [-0.15, -0.1) is 0 Å². The number of rotatable bonds is 3. The molecule has 0 amide bonds. The van der Waals surface area contributed by atoms with Crippen LogP contribution in [0.25, 0.3) is 0 Å². The Balaban J connectivity index is 2.34. The van der Waals surface area contributed by atoms with Crippen molar-refractivity contribution in [2.24, 2.45) is 0 Å². The van der Waals surface area contributed by atoms with Crippen LogP contribution < -0.4 is 0 Å². The Hall–Kier alpha value is 0.217. The second kappa shape index (κ2) is 5.22. The summed E-state index contributed by atoms with van der Waals surface area (Å²) in [4.78, 5) is 0. The molecule has 0 aliphatic carbocycles. The molecule has 0 aromatic rings. The zero-order valence-electron chi connectivity index (χ0n) is 4.33. The first-order valence-corrected chi connectivity index (χ1v) is 3.27. The van der Waals surface area contributed by atoms with E-state index in [-0.39, 0.29) is 0 Å². The van der Waals surface area contributed by atoms with E-state index in [9.17, 15) is 0 Å². The molecule has 0 rings (SSSR count). The molecule has 0 bridgehead atoms. The quantitative estimate of drug-likeness (QED) is 0.373. The molecule has 0 aliphatic rings. The van der Waals surface area contributed by atoms with Crippen LogP contribution in [0.15, 0.2) is 0 Å². The van der Waals surface area contributed by atoms with Crippen molar-refractivity contribution in [3.63, 3.8) is 0 Å². The van der Waals surface area contributed by atoms with Gasteiger partial charge in [0.05, 0.1) is 0 Å². The summed E-state index contributed by atoms with van der Waals surface area (Å²) >= 11 is 0. The van der Waals surface area contributed by atoms with Crippen LogP contribution >= 0.6 is 0 Å². The van der Waals surface area contributed by atoms with E-state index < -0.39 is 0 Å². The Kier molecular flexibility index (Phi) is 5.41. The van der Waals surface area contributed by atoms with Gasteiger partial charge in [-0.1, -0.05) is 32.2 Å². The lowest BCUT2D eigenvalue weighted by molar-refractivity contribution is 0.771. The molecule has 0 aromatic carbocycles. The fraction of sp³-hybridized carbons (Fsp3) is 1.00. The van der Waals surface area contributed by atoms with Crippen molar-refractivity contribution in [2.45, 2.75) is 32.2 Å². The molecule has 0 nitrogen and oxygen atoms in total. The van der Waals surface area contributed by atoms with Crippen molar-refractivity contribution in [1.82, 2.24) is 0 Å². The summed E-state index contributed by atoms with van der Waals surface area (Å²) in [6.45, 7) is 2.21. The zero-order chi connectivity index (χ0) is 4.83. The minimum absolute atomic E-state index is 1.16. The van der Waals surface area contributed by atoms with Crippen molar-refractivity contribution in [2.75, 3.05) is 0 Å². The Morgan fingerprint density at radius 2 is 2.00 bits per heavy atom. The predicted octanol–water partition coefficient (Wildman–Crippen LogP) is 1.76. The summed E-state index contributed by atoms with van der Waals surface area (Å²) < 4.78 is 0. The Labute approximate surface area is 43.4 Å². The van der Waals surface area contributed by atoms with E-state index in [4.69, 9.17) is 0 Å². The van der Waals surface area contributed by atoms with Gasteiger partial charge in [0.15, 0.2) is 0 Å². The van der Waals surface area contributed by atoms with Gasteiger partial charge in [0.1, 0.15) is 0 Å². The first kappa shape index (κ1) is 6.22. The third-order valence-corrected chi connectivity index (χ3v) is 1.13. The second-order valence-corrected chi connectivity index (χ2v) is 1.96. The van der Waals surface area contributed by atoms with Crippen molar-refractivity contribution < 1.29 is 0 Å². The molecule has 1 heteroatoms. The summed E-state index contributed by atoms with van der Waals surface area (Å²) in [6, 6.07) is 1.16. The molecule has 0 saturated heterocycles.